The monoisotopic (exact) mass is 304 g/mol. The molecule has 0 atom stereocenters. The molecule has 0 aromatic carbocycles. The molecule has 0 aliphatic carbocycles. The standard InChI is InChI=1S/C14H17ClN6/c1-10-5-4-6-11(17-10)9-16-13-18-12(15)19-14(20-13)21-7-2-3-8-21/h4-6H,2-3,7-9H2,1H3,(H,16,18,19,20). The molecule has 2 aromatic heterocycles. The number of nitrogens with one attached hydrogen (secondary N) is 1. The summed E-state index contributed by atoms with van der Waals surface area (Å²) in [5.41, 5.74) is 1.93. The van der Waals surface area contributed by atoms with Crippen LogP contribution in [0.4, 0.5) is 11.9 Å². The number of anilines is 2. The third-order valence-electron chi connectivity index (χ3n) is 3.36. The van der Waals surface area contributed by atoms with Gasteiger partial charge in [-0.25, -0.2) is 0 Å². The van der Waals surface area contributed by atoms with Crippen LogP contribution in [0.5, 0.6) is 0 Å². The van der Waals surface area contributed by atoms with E-state index in [0.717, 1.165) is 24.5 Å². The normalized spacial score (nSPS) is 14.5. The summed E-state index contributed by atoms with van der Waals surface area (Å²) < 4.78 is 0. The van der Waals surface area contributed by atoms with Gasteiger partial charge in [0.05, 0.1) is 12.2 Å². The predicted octanol–water partition coefficient (Wildman–Crippen LogP) is 2.44. The highest BCUT2D eigenvalue weighted by molar-refractivity contribution is 6.28. The van der Waals surface area contributed by atoms with E-state index in [1.165, 1.54) is 12.8 Å². The zero-order chi connectivity index (χ0) is 14.7. The van der Waals surface area contributed by atoms with Crippen LogP contribution in [0.1, 0.15) is 24.2 Å². The molecule has 0 saturated carbocycles. The van der Waals surface area contributed by atoms with Crippen molar-refractivity contribution in [2.45, 2.75) is 26.3 Å². The summed E-state index contributed by atoms with van der Waals surface area (Å²) in [5, 5.41) is 3.37. The molecule has 1 fully saturated rings. The first kappa shape index (κ1) is 14.0. The largest absolute Gasteiger partial charge is 0.348 e. The molecule has 0 unspecified atom stereocenters. The number of nitrogens with zero attached hydrogens (tertiary/aromatic N) is 5. The first-order valence-corrected chi connectivity index (χ1v) is 7.41. The Morgan fingerprint density at radius 2 is 1.95 bits per heavy atom. The quantitative estimate of drug-likeness (QED) is 0.936. The fourth-order valence-electron chi connectivity index (χ4n) is 2.34. The summed E-state index contributed by atoms with van der Waals surface area (Å²) >= 11 is 5.99. The maximum absolute atomic E-state index is 5.99. The molecule has 1 aliphatic rings. The van der Waals surface area contributed by atoms with Gasteiger partial charge < -0.3 is 10.2 Å². The van der Waals surface area contributed by atoms with Crippen LogP contribution in [-0.2, 0) is 6.54 Å². The summed E-state index contributed by atoms with van der Waals surface area (Å²) in [6, 6.07) is 5.91. The highest BCUT2D eigenvalue weighted by Gasteiger charge is 2.16. The van der Waals surface area contributed by atoms with Crippen LogP contribution in [0, 0.1) is 6.92 Å². The average Bonchev–Trinajstić information content (AvgIpc) is 2.99. The Kier molecular flexibility index (Phi) is 4.15. The minimum atomic E-state index is 0.214. The molecule has 6 nitrogen and oxygen atoms in total. The maximum atomic E-state index is 5.99. The van der Waals surface area contributed by atoms with Gasteiger partial charge in [0.25, 0.3) is 0 Å². The maximum Gasteiger partial charge on any atom is 0.231 e. The molecular weight excluding hydrogens is 288 g/mol. The van der Waals surface area contributed by atoms with Crippen LogP contribution in [0.25, 0.3) is 0 Å². The molecule has 0 bridgehead atoms. The Morgan fingerprint density at radius 1 is 1.14 bits per heavy atom. The highest BCUT2D eigenvalue weighted by atomic mass is 35.5. The lowest BCUT2D eigenvalue weighted by Gasteiger charge is -2.15. The summed E-state index contributed by atoms with van der Waals surface area (Å²) in [4.78, 5) is 19.3. The van der Waals surface area contributed by atoms with Gasteiger partial charge in [0.2, 0.25) is 17.2 Å². The molecule has 0 radical (unpaired) electrons. The minimum absolute atomic E-state index is 0.214. The van der Waals surface area contributed by atoms with Gasteiger partial charge in [-0.05, 0) is 43.5 Å². The van der Waals surface area contributed by atoms with E-state index in [2.05, 4.69) is 30.2 Å². The van der Waals surface area contributed by atoms with Crippen molar-refractivity contribution < 1.29 is 0 Å². The molecule has 21 heavy (non-hydrogen) atoms. The zero-order valence-electron chi connectivity index (χ0n) is 11.9. The number of aryl methyl sites for hydroxylation is 1. The average molecular weight is 305 g/mol. The lowest BCUT2D eigenvalue weighted by Crippen LogP contribution is -2.21. The fraction of sp³-hybridized carbons (Fsp3) is 0.429. The first-order chi connectivity index (χ1) is 10.2. The Bertz CT molecular complexity index is 627. The SMILES string of the molecule is Cc1cccc(CNc2nc(Cl)nc(N3CCCC3)n2)n1. The van der Waals surface area contributed by atoms with E-state index >= 15 is 0 Å². The molecule has 0 amide bonds. The molecule has 1 aliphatic heterocycles. The van der Waals surface area contributed by atoms with Gasteiger partial charge >= 0.3 is 0 Å². The van der Waals surface area contributed by atoms with Crippen molar-refractivity contribution in [2.24, 2.45) is 0 Å². The van der Waals surface area contributed by atoms with E-state index in [-0.39, 0.29) is 5.28 Å². The Morgan fingerprint density at radius 3 is 2.71 bits per heavy atom. The van der Waals surface area contributed by atoms with Crippen LogP contribution in [0.2, 0.25) is 5.28 Å². The van der Waals surface area contributed by atoms with E-state index in [9.17, 15) is 0 Å². The number of aromatic nitrogens is 4. The Labute approximate surface area is 128 Å². The second-order valence-corrected chi connectivity index (χ2v) is 5.38. The van der Waals surface area contributed by atoms with E-state index in [0.29, 0.717) is 18.4 Å². The topological polar surface area (TPSA) is 66.8 Å². The van der Waals surface area contributed by atoms with Crippen LogP contribution in [0.15, 0.2) is 18.2 Å². The Balaban J connectivity index is 1.72. The minimum Gasteiger partial charge on any atom is -0.348 e. The molecular formula is C14H17ClN6. The summed E-state index contributed by atoms with van der Waals surface area (Å²) in [5.74, 6) is 1.13. The molecule has 7 heteroatoms. The van der Waals surface area contributed by atoms with Crippen molar-refractivity contribution in [2.75, 3.05) is 23.3 Å². The van der Waals surface area contributed by atoms with Crippen molar-refractivity contribution >= 4 is 23.5 Å². The van der Waals surface area contributed by atoms with Crippen LogP contribution in [0.3, 0.4) is 0 Å². The molecule has 2 aromatic rings. The van der Waals surface area contributed by atoms with Gasteiger partial charge in [-0.15, -0.1) is 0 Å². The third kappa shape index (κ3) is 3.58. The molecule has 3 heterocycles. The van der Waals surface area contributed by atoms with Crippen molar-refractivity contribution in [3.8, 4) is 0 Å². The van der Waals surface area contributed by atoms with Gasteiger partial charge in [-0.3, -0.25) is 4.98 Å². The molecule has 110 valence electrons. The van der Waals surface area contributed by atoms with Gasteiger partial charge in [0.1, 0.15) is 0 Å². The van der Waals surface area contributed by atoms with Gasteiger partial charge in [-0.1, -0.05) is 6.07 Å². The second kappa shape index (κ2) is 6.22. The second-order valence-electron chi connectivity index (χ2n) is 5.05. The van der Waals surface area contributed by atoms with Crippen molar-refractivity contribution in [3.63, 3.8) is 0 Å². The number of pyridine rings is 1. The summed E-state index contributed by atoms with van der Waals surface area (Å²) in [7, 11) is 0. The fourth-order valence-corrected chi connectivity index (χ4v) is 2.50. The molecule has 1 N–H and O–H groups in total. The van der Waals surface area contributed by atoms with Crippen LogP contribution in [-0.4, -0.2) is 33.0 Å². The third-order valence-corrected chi connectivity index (χ3v) is 3.53. The highest BCUT2D eigenvalue weighted by Crippen LogP contribution is 2.18. The lowest BCUT2D eigenvalue weighted by molar-refractivity contribution is 0.873. The Hall–Kier alpha value is -1.95. The number of halogens is 1. The van der Waals surface area contributed by atoms with Gasteiger partial charge in [-0.2, -0.15) is 15.0 Å². The van der Waals surface area contributed by atoms with Crippen molar-refractivity contribution in [1.29, 1.82) is 0 Å². The van der Waals surface area contributed by atoms with E-state index in [1.54, 1.807) is 0 Å². The number of hydrogen-bond acceptors (Lipinski definition) is 6. The van der Waals surface area contributed by atoms with E-state index in [4.69, 9.17) is 11.6 Å². The number of hydrogen-bond donors (Lipinski definition) is 1. The van der Waals surface area contributed by atoms with Crippen LogP contribution < -0.4 is 10.2 Å². The number of rotatable bonds is 4. The molecule has 1 saturated heterocycles. The van der Waals surface area contributed by atoms with Crippen molar-refractivity contribution in [3.05, 3.63) is 34.9 Å². The smallest absolute Gasteiger partial charge is 0.231 e. The van der Waals surface area contributed by atoms with E-state index in [1.807, 2.05) is 25.1 Å². The van der Waals surface area contributed by atoms with Gasteiger partial charge in [0, 0.05) is 18.8 Å². The van der Waals surface area contributed by atoms with E-state index < -0.39 is 0 Å². The first-order valence-electron chi connectivity index (χ1n) is 7.04. The van der Waals surface area contributed by atoms with Crippen molar-refractivity contribution in [1.82, 2.24) is 19.9 Å². The molecule has 3 rings (SSSR count). The van der Waals surface area contributed by atoms with Gasteiger partial charge in [0.15, 0.2) is 0 Å². The molecule has 0 spiro atoms. The lowest BCUT2D eigenvalue weighted by atomic mass is 10.3. The summed E-state index contributed by atoms with van der Waals surface area (Å²) in [6.45, 7) is 4.47. The predicted molar refractivity (Wildman–Crippen MR) is 82.6 cm³/mol. The zero-order valence-corrected chi connectivity index (χ0v) is 12.6. The van der Waals surface area contributed by atoms with Crippen LogP contribution >= 0.6 is 11.6 Å². The summed E-state index contributed by atoms with van der Waals surface area (Å²) in [6.07, 6.45) is 2.33.